The van der Waals surface area contributed by atoms with E-state index in [0.29, 0.717) is 0 Å². The van der Waals surface area contributed by atoms with Crippen molar-refractivity contribution in [3.63, 3.8) is 0 Å². The lowest BCUT2D eigenvalue weighted by Gasteiger charge is -2.19. The van der Waals surface area contributed by atoms with Crippen LogP contribution in [0.2, 0.25) is 0 Å². The van der Waals surface area contributed by atoms with Gasteiger partial charge in [-0.3, -0.25) is 0 Å². The van der Waals surface area contributed by atoms with Crippen LogP contribution in [0.3, 0.4) is 0 Å². The normalized spacial score (nSPS) is 23.3. The zero-order chi connectivity index (χ0) is 14.7. The van der Waals surface area contributed by atoms with E-state index in [1.807, 2.05) is 11.3 Å². The van der Waals surface area contributed by atoms with Gasteiger partial charge in [0.1, 0.15) is 0 Å². The first kappa shape index (κ1) is 15.3. The molecule has 0 spiro atoms. The first-order valence-electron chi connectivity index (χ1n) is 8.77. The molecule has 2 fully saturated rings. The average Bonchev–Trinajstić information content (AvgIpc) is 3.29. The summed E-state index contributed by atoms with van der Waals surface area (Å²) in [4.78, 5) is 8.96. The number of aromatic nitrogens is 1. The molecule has 1 saturated carbocycles. The molecule has 3 rings (SSSR count). The molecule has 118 valence electrons. The lowest BCUT2D eigenvalue weighted by atomic mass is 9.98. The van der Waals surface area contributed by atoms with Gasteiger partial charge in [-0.15, -0.1) is 11.3 Å². The summed E-state index contributed by atoms with van der Waals surface area (Å²) >= 11 is 1.93. The number of hydrogen-bond acceptors (Lipinski definition) is 4. The lowest BCUT2D eigenvalue weighted by Crippen LogP contribution is -2.24. The highest BCUT2D eigenvalue weighted by molar-refractivity contribution is 7.15. The summed E-state index contributed by atoms with van der Waals surface area (Å²) in [6, 6.07) is 0.781. The summed E-state index contributed by atoms with van der Waals surface area (Å²) in [5.74, 6) is 0.927. The van der Waals surface area contributed by atoms with E-state index in [9.17, 15) is 0 Å². The molecule has 1 atom stereocenters. The van der Waals surface area contributed by atoms with Crippen LogP contribution in [0.4, 0.5) is 5.13 Å². The highest BCUT2D eigenvalue weighted by Gasteiger charge is 2.23. The molecule has 2 aliphatic rings. The van der Waals surface area contributed by atoms with Crippen molar-refractivity contribution in [2.75, 3.05) is 18.0 Å². The van der Waals surface area contributed by atoms with Gasteiger partial charge < -0.3 is 10.2 Å². The largest absolute Gasteiger partial charge is 0.348 e. The third kappa shape index (κ3) is 3.98. The van der Waals surface area contributed by atoms with Crippen LogP contribution >= 0.6 is 11.3 Å². The van der Waals surface area contributed by atoms with Crippen molar-refractivity contribution in [2.24, 2.45) is 5.92 Å². The summed E-state index contributed by atoms with van der Waals surface area (Å²) in [7, 11) is 0. The van der Waals surface area contributed by atoms with Crippen molar-refractivity contribution in [2.45, 2.75) is 71.4 Å². The zero-order valence-corrected chi connectivity index (χ0v) is 14.3. The molecule has 1 unspecified atom stereocenters. The van der Waals surface area contributed by atoms with Crippen LogP contribution in [-0.2, 0) is 13.0 Å². The van der Waals surface area contributed by atoms with E-state index >= 15 is 0 Å². The fourth-order valence-corrected chi connectivity index (χ4v) is 4.36. The van der Waals surface area contributed by atoms with Gasteiger partial charge in [-0.25, -0.2) is 4.98 Å². The van der Waals surface area contributed by atoms with Crippen LogP contribution in [0, 0.1) is 5.92 Å². The summed E-state index contributed by atoms with van der Waals surface area (Å²) < 4.78 is 0. The molecule has 21 heavy (non-hydrogen) atoms. The van der Waals surface area contributed by atoms with E-state index < -0.39 is 0 Å². The van der Waals surface area contributed by atoms with Gasteiger partial charge in [-0.05, 0) is 44.4 Å². The molecule has 1 N–H and O–H groups in total. The van der Waals surface area contributed by atoms with Crippen molar-refractivity contribution in [3.8, 4) is 0 Å². The predicted octanol–water partition coefficient (Wildman–Crippen LogP) is 3.97. The zero-order valence-electron chi connectivity index (χ0n) is 13.5. The van der Waals surface area contributed by atoms with Gasteiger partial charge in [0.05, 0.1) is 5.69 Å². The summed E-state index contributed by atoms with van der Waals surface area (Å²) in [5.41, 5.74) is 1.32. The van der Waals surface area contributed by atoms with Crippen LogP contribution in [0.1, 0.15) is 62.9 Å². The van der Waals surface area contributed by atoms with Crippen LogP contribution in [0.15, 0.2) is 0 Å². The molecule has 1 saturated heterocycles. The maximum atomic E-state index is 4.95. The molecule has 0 radical (unpaired) electrons. The van der Waals surface area contributed by atoms with E-state index in [4.69, 9.17) is 4.98 Å². The molecule has 1 aliphatic heterocycles. The van der Waals surface area contributed by atoms with Gasteiger partial charge in [0.2, 0.25) is 0 Å². The maximum Gasteiger partial charge on any atom is 0.185 e. The van der Waals surface area contributed by atoms with Crippen LogP contribution in [0.25, 0.3) is 0 Å². The SMILES string of the molecule is CCc1nc(N2CCCC(CC)CC2)sc1CNC1CC1. The van der Waals surface area contributed by atoms with E-state index in [1.165, 1.54) is 67.3 Å². The number of aryl methyl sites for hydroxylation is 1. The topological polar surface area (TPSA) is 28.2 Å². The number of nitrogens with zero attached hydrogens (tertiary/aromatic N) is 2. The van der Waals surface area contributed by atoms with E-state index in [0.717, 1.165) is 24.9 Å². The summed E-state index contributed by atoms with van der Waals surface area (Å²) in [5, 5.41) is 4.92. The Morgan fingerprint density at radius 3 is 2.76 bits per heavy atom. The van der Waals surface area contributed by atoms with Crippen molar-refractivity contribution < 1.29 is 0 Å². The predicted molar refractivity (Wildman–Crippen MR) is 91.2 cm³/mol. The van der Waals surface area contributed by atoms with Crippen LogP contribution in [-0.4, -0.2) is 24.1 Å². The fraction of sp³-hybridized carbons (Fsp3) is 0.824. The summed E-state index contributed by atoms with van der Waals surface area (Å²) in [6.07, 6.45) is 9.18. The maximum absolute atomic E-state index is 4.95. The molecular weight excluding hydrogens is 278 g/mol. The van der Waals surface area contributed by atoms with Crippen LogP contribution in [0.5, 0.6) is 0 Å². The van der Waals surface area contributed by atoms with Gasteiger partial charge in [0, 0.05) is 30.6 Å². The summed E-state index contributed by atoms with van der Waals surface area (Å²) in [6.45, 7) is 7.99. The molecule has 1 aliphatic carbocycles. The van der Waals surface area contributed by atoms with Crippen LogP contribution < -0.4 is 10.2 Å². The monoisotopic (exact) mass is 307 g/mol. The van der Waals surface area contributed by atoms with Gasteiger partial charge in [-0.2, -0.15) is 0 Å². The molecule has 3 nitrogen and oxygen atoms in total. The van der Waals surface area contributed by atoms with E-state index in [-0.39, 0.29) is 0 Å². The van der Waals surface area contributed by atoms with Gasteiger partial charge >= 0.3 is 0 Å². The number of hydrogen-bond donors (Lipinski definition) is 1. The first-order chi connectivity index (χ1) is 10.3. The third-order valence-corrected chi connectivity index (χ3v) is 6.08. The fourth-order valence-electron chi connectivity index (χ4n) is 3.21. The van der Waals surface area contributed by atoms with Crippen molar-refractivity contribution in [1.29, 1.82) is 0 Å². The number of thiazole rings is 1. The molecule has 2 heterocycles. The van der Waals surface area contributed by atoms with Gasteiger partial charge in [-0.1, -0.05) is 20.3 Å². The Morgan fingerprint density at radius 2 is 2.05 bits per heavy atom. The lowest BCUT2D eigenvalue weighted by molar-refractivity contribution is 0.459. The first-order valence-corrected chi connectivity index (χ1v) is 9.58. The second-order valence-corrected chi connectivity index (χ2v) is 7.63. The number of anilines is 1. The minimum Gasteiger partial charge on any atom is -0.348 e. The second kappa shape index (κ2) is 7.10. The Morgan fingerprint density at radius 1 is 1.19 bits per heavy atom. The molecule has 0 aromatic carbocycles. The third-order valence-electron chi connectivity index (χ3n) is 4.93. The smallest absolute Gasteiger partial charge is 0.185 e. The number of nitrogens with one attached hydrogen (secondary N) is 1. The quantitative estimate of drug-likeness (QED) is 0.862. The molecule has 1 aromatic rings. The molecule has 0 bridgehead atoms. The Hall–Kier alpha value is -0.610. The molecule has 1 aromatic heterocycles. The van der Waals surface area contributed by atoms with E-state index in [1.54, 1.807) is 0 Å². The highest BCUT2D eigenvalue weighted by atomic mass is 32.1. The standard InChI is InChI=1S/C17H29N3S/c1-3-13-6-5-10-20(11-9-13)17-19-15(4-2)16(21-17)12-18-14-7-8-14/h13-14,18H,3-12H2,1-2H3. The van der Waals surface area contributed by atoms with Crippen molar-refractivity contribution >= 4 is 16.5 Å². The average molecular weight is 308 g/mol. The Labute approximate surface area is 133 Å². The van der Waals surface area contributed by atoms with Gasteiger partial charge in [0.25, 0.3) is 0 Å². The Bertz CT molecular complexity index is 453. The number of rotatable bonds is 6. The second-order valence-electron chi connectivity index (χ2n) is 6.57. The van der Waals surface area contributed by atoms with Crippen molar-refractivity contribution in [3.05, 3.63) is 10.6 Å². The molecular formula is C17H29N3S. The molecule has 0 amide bonds. The van der Waals surface area contributed by atoms with Gasteiger partial charge in [0.15, 0.2) is 5.13 Å². The van der Waals surface area contributed by atoms with Crippen molar-refractivity contribution in [1.82, 2.24) is 10.3 Å². The van der Waals surface area contributed by atoms with E-state index in [2.05, 4.69) is 24.1 Å². The minimum atomic E-state index is 0.781. The molecule has 4 heteroatoms. The highest BCUT2D eigenvalue weighted by Crippen LogP contribution is 2.31. The minimum absolute atomic E-state index is 0.781. The Kier molecular flexibility index (Phi) is 5.17. The Balaban J connectivity index is 1.65.